The van der Waals surface area contributed by atoms with Crippen LogP contribution in [-0.4, -0.2) is 56.0 Å². The fourth-order valence-corrected chi connectivity index (χ4v) is 11.2. The van der Waals surface area contributed by atoms with Gasteiger partial charge in [0, 0.05) is 40.6 Å². The summed E-state index contributed by atoms with van der Waals surface area (Å²) in [5.74, 6) is 9.43. The van der Waals surface area contributed by atoms with E-state index < -0.39 is 0 Å². The number of rotatable bonds is 21. The van der Waals surface area contributed by atoms with E-state index in [4.69, 9.17) is 14.2 Å². The van der Waals surface area contributed by atoms with Gasteiger partial charge in [-0.05, 0) is 139 Å². The predicted octanol–water partition coefficient (Wildman–Crippen LogP) is 14.6. The first-order valence-electron chi connectivity index (χ1n) is 24.4. The zero-order chi connectivity index (χ0) is 48.4. The highest BCUT2D eigenvalue weighted by Gasteiger charge is 2.50. The number of thiophene rings is 2. The number of ether oxygens (including phenoxy) is 3. The first kappa shape index (κ1) is 48.9. The van der Waals surface area contributed by atoms with Gasteiger partial charge < -0.3 is 28.9 Å². The van der Waals surface area contributed by atoms with Crippen molar-refractivity contribution < 1.29 is 23.8 Å². The van der Waals surface area contributed by atoms with Crippen LogP contribution in [0.4, 0.5) is 17.1 Å². The molecular weight excluding hydrogens is 895 g/mol. The number of anilines is 3. The Labute approximate surface area is 416 Å². The maximum Gasteiger partial charge on any atom is 0.261 e. The fourth-order valence-electron chi connectivity index (χ4n) is 9.25. The monoisotopic (exact) mass is 957 g/mol. The Morgan fingerprint density at radius 1 is 0.507 bits per heavy atom. The molecule has 2 amide bonds. The van der Waals surface area contributed by atoms with Gasteiger partial charge in [-0.3, -0.25) is 9.59 Å². The molecular formula is C59H63N3O5S2. The summed E-state index contributed by atoms with van der Waals surface area (Å²) in [7, 11) is 5.00. The molecule has 0 N–H and O–H groups in total. The van der Waals surface area contributed by atoms with Gasteiger partial charge in [0.05, 0.1) is 58.5 Å². The van der Waals surface area contributed by atoms with Crippen LogP contribution in [-0.2, 0) is 9.59 Å². The number of methoxy groups -OCH3 is 3. The molecule has 4 aromatic carbocycles. The molecule has 2 aliphatic rings. The summed E-state index contributed by atoms with van der Waals surface area (Å²) in [6, 6.07) is 40.7. The maximum atomic E-state index is 15.4. The van der Waals surface area contributed by atoms with Gasteiger partial charge in [0.15, 0.2) is 0 Å². The Kier molecular flexibility index (Phi) is 16.1. The van der Waals surface area contributed by atoms with Crippen LogP contribution in [0.2, 0.25) is 0 Å². The zero-order valence-electron chi connectivity index (χ0n) is 41.0. The van der Waals surface area contributed by atoms with Gasteiger partial charge in [-0.15, -0.1) is 22.7 Å². The summed E-state index contributed by atoms with van der Waals surface area (Å²) < 4.78 is 16.3. The third-order valence-electron chi connectivity index (χ3n) is 13.3. The summed E-state index contributed by atoms with van der Waals surface area (Å²) >= 11 is 3.18. The van der Waals surface area contributed by atoms with Gasteiger partial charge in [-0.25, -0.2) is 0 Å². The average Bonchev–Trinajstić information content (AvgIpc) is 4.19. The van der Waals surface area contributed by atoms with Crippen molar-refractivity contribution in [1.29, 1.82) is 0 Å². The van der Waals surface area contributed by atoms with Crippen LogP contribution in [0.3, 0.4) is 0 Å². The lowest BCUT2D eigenvalue weighted by Gasteiger charge is -2.29. The molecule has 69 heavy (non-hydrogen) atoms. The summed E-state index contributed by atoms with van der Waals surface area (Å²) in [5.41, 5.74) is 7.43. The Bertz CT molecular complexity index is 2800. The lowest BCUT2D eigenvalue weighted by molar-refractivity contribution is -0.124. The largest absolute Gasteiger partial charge is 0.497 e. The molecule has 4 heterocycles. The second kappa shape index (κ2) is 22.7. The van der Waals surface area contributed by atoms with E-state index in [1.165, 1.54) is 0 Å². The number of amides is 2. The minimum Gasteiger partial charge on any atom is -0.497 e. The molecule has 2 aromatic heterocycles. The molecule has 2 aliphatic heterocycles. The van der Waals surface area contributed by atoms with E-state index in [-0.39, 0.29) is 11.8 Å². The molecule has 8 rings (SSSR count). The lowest BCUT2D eigenvalue weighted by Crippen LogP contribution is -2.34. The molecule has 2 unspecified atom stereocenters. The van der Waals surface area contributed by atoms with Crippen molar-refractivity contribution in [1.82, 2.24) is 9.80 Å². The van der Waals surface area contributed by atoms with Crippen molar-refractivity contribution in [2.24, 2.45) is 11.8 Å². The van der Waals surface area contributed by atoms with Crippen LogP contribution < -0.4 is 19.1 Å². The minimum atomic E-state index is -0.0851. The number of fused-ring (bicyclic) bond motifs is 1. The molecule has 0 spiro atoms. The van der Waals surface area contributed by atoms with Gasteiger partial charge in [-0.2, -0.15) is 0 Å². The van der Waals surface area contributed by atoms with E-state index in [2.05, 4.69) is 105 Å². The summed E-state index contributed by atoms with van der Waals surface area (Å²) in [6.07, 6.45) is 8.29. The summed E-state index contributed by atoms with van der Waals surface area (Å²) in [6.45, 7) is 9.97. The highest BCUT2D eigenvalue weighted by Crippen LogP contribution is 2.50. The summed E-state index contributed by atoms with van der Waals surface area (Å²) in [5, 5.41) is 0. The van der Waals surface area contributed by atoms with Gasteiger partial charge in [0.1, 0.15) is 17.2 Å². The third-order valence-corrected chi connectivity index (χ3v) is 15.5. The molecule has 6 aromatic rings. The first-order chi connectivity index (χ1) is 33.7. The van der Waals surface area contributed by atoms with Crippen LogP contribution in [0.15, 0.2) is 132 Å². The van der Waals surface area contributed by atoms with Crippen LogP contribution >= 0.6 is 22.7 Å². The van der Waals surface area contributed by atoms with E-state index in [0.717, 1.165) is 128 Å². The topological polar surface area (TPSA) is 71.6 Å². The smallest absolute Gasteiger partial charge is 0.261 e. The second-order valence-electron chi connectivity index (χ2n) is 17.7. The molecule has 356 valence electrons. The van der Waals surface area contributed by atoms with E-state index in [1.54, 1.807) is 44.0 Å². The highest BCUT2D eigenvalue weighted by molar-refractivity contribution is 7.16. The van der Waals surface area contributed by atoms with Gasteiger partial charge in [-0.1, -0.05) is 90.2 Å². The van der Waals surface area contributed by atoms with Crippen molar-refractivity contribution >= 4 is 62.9 Å². The minimum absolute atomic E-state index is 0.0851. The molecule has 10 heteroatoms. The number of carbonyl (C=O) groups is 2. The van der Waals surface area contributed by atoms with Crippen LogP contribution in [0.25, 0.3) is 21.8 Å². The third kappa shape index (κ3) is 10.7. The molecule has 0 fully saturated rings. The maximum absolute atomic E-state index is 15.4. The first-order valence-corrected chi connectivity index (χ1v) is 26.0. The lowest BCUT2D eigenvalue weighted by atomic mass is 9.98. The number of nitrogens with zero attached hydrogens (tertiary/aromatic N) is 3. The zero-order valence-corrected chi connectivity index (χ0v) is 42.6. The standard InChI is InChI=1S/C59H63N3O5S2/c1-8-12-14-40(10-3)38-60-56(52-35-34-50(68-52)33-18-42-16-27-47(65-5)28-17-42)54-55(59(60)64)57(61(58(54)63)39-41(11-4)15-13-9-2)53-37-36-51(69-53)43-19-21-44(22-20-43)62(45-23-29-48(66-6)30-24-45)46-25-31-49(67-7)32-26-46/h16-17,19-32,34-37,40-41H,8-15,38-39H2,1-7H3. The summed E-state index contributed by atoms with van der Waals surface area (Å²) in [4.78, 5) is 40.5. The van der Waals surface area contributed by atoms with Crippen LogP contribution in [0.5, 0.6) is 17.2 Å². The van der Waals surface area contributed by atoms with Crippen LogP contribution in [0, 0.1) is 23.7 Å². The van der Waals surface area contributed by atoms with Gasteiger partial charge in [0.25, 0.3) is 11.8 Å². The predicted molar refractivity (Wildman–Crippen MR) is 285 cm³/mol. The van der Waals surface area contributed by atoms with E-state index >= 15 is 9.59 Å². The number of hydrogen-bond acceptors (Lipinski definition) is 8. The van der Waals surface area contributed by atoms with E-state index in [9.17, 15) is 0 Å². The Morgan fingerprint density at radius 3 is 1.38 bits per heavy atom. The molecule has 0 radical (unpaired) electrons. The van der Waals surface area contributed by atoms with Gasteiger partial charge >= 0.3 is 0 Å². The molecule has 0 saturated heterocycles. The number of hydrogen-bond donors (Lipinski definition) is 0. The van der Waals surface area contributed by atoms with E-state index in [1.807, 2.05) is 70.5 Å². The van der Waals surface area contributed by atoms with Crippen molar-refractivity contribution in [3.63, 3.8) is 0 Å². The molecule has 8 nitrogen and oxygen atoms in total. The molecule has 0 saturated carbocycles. The second-order valence-corrected chi connectivity index (χ2v) is 19.9. The van der Waals surface area contributed by atoms with E-state index in [0.29, 0.717) is 36.1 Å². The Morgan fingerprint density at radius 2 is 0.928 bits per heavy atom. The van der Waals surface area contributed by atoms with Crippen molar-refractivity contribution in [3.8, 4) is 39.5 Å². The van der Waals surface area contributed by atoms with Crippen LogP contribution in [0.1, 0.15) is 99.3 Å². The normalized spacial score (nSPS) is 14.2. The Balaban J connectivity index is 1.20. The average molecular weight is 958 g/mol. The molecule has 2 atom stereocenters. The molecule has 0 bridgehead atoms. The Hall–Kier alpha value is -6.54. The highest BCUT2D eigenvalue weighted by atomic mass is 32.1. The van der Waals surface area contributed by atoms with Crippen molar-refractivity contribution in [2.75, 3.05) is 39.3 Å². The van der Waals surface area contributed by atoms with Crippen molar-refractivity contribution in [2.45, 2.75) is 79.1 Å². The molecule has 0 aliphatic carbocycles. The number of benzene rings is 4. The SMILES string of the molecule is CCCCC(CC)CN1C(=O)C2=C(c3ccc(-c4ccc(N(c5ccc(OC)cc5)c5ccc(OC)cc5)cc4)s3)N(CC(CC)CCCC)C(=O)C2=C1c1ccc(C#Cc2ccc(OC)cc2)s1. The van der Waals surface area contributed by atoms with Crippen molar-refractivity contribution in [3.05, 3.63) is 153 Å². The fraction of sp³-hybridized carbons (Fsp3) is 0.322. The number of carbonyl (C=O) groups excluding carboxylic acids is 2. The quantitative estimate of drug-likeness (QED) is 0.0669. The van der Waals surface area contributed by atoms with Gasteiger partial charge in [0.2, 0.25) is 0 Å². The number of unbranched alkanes of at least 4 members (excludes halogenated alkanes) is 2.